The smallest absolute Gasteiger partial charge is 0.270 e. The van der Waals surface area contributed by atoms with E-state index in [0.29, 0.717) is 22.0 Å². The number of aromatic nitrogens is 3. The molecule has 0 fully saturated rings. The summed E-state index contributed by atoms with van der Waals surface area (Å²) in [6.07, 6.45) is 2.85. The van der Waals surface area contributed by atoms with E-state index in [0.717, 1.165) is 4.70 Å². The number of nitrogens with zero attached hydrogens (tertiary/aromatic N) is 3. The number of benzene rings is 1. The summed E-state index contributed by atoms with van der Waals surface area (Å²) in [6, 6.07) is 10.7. The zero-order valence-electron chi connectivity index (χ0n) is 13.1. The Morgan fingerprint density at radius 3 is 2.96 bits per heavy atom. The van der Waals surface area contributed by atoms with Gasteiger partial charge in [-0.2, -0.15) is 0 Å². The third kappa shape index (κ3) is 2.62. The van der Waals surface area contributed by atoms with E-state index in [1.54, 1.807) is 37.6 Å². The van der Waals surface area contributed by atoms with Crippen LogP contribution < -0.4 is 15.6 Å². The molecule has 0 radical (unpaired) electrons. The van der Waals surface area contributed by atoms with Crippen molar-refractivity contribution in [3.8, 4) is 5.75 Å². The molecule has 0 aliphatic heterocycles. The van der Waals surface area contributed by atoms with Crippen LogP contribution in [0, 0.1) is 0 Å². The van der Waals surface area contributed by atoms with Crippen LogP contribution in [0.5, 0.6) is 5.75 Å². The van der Waals surface area contributed by atoms with E-state index in [1.165, 1.54) is 21.9 Å². The van der Waals surface area contributed by atoms with Gasteiger partial charge in [-0.05, 0) is 24.3 Å². The number of carbonyl (C=O) groups excluding carboxylic acids is 1. The van der Waals surface area contributed by atoms with Gasteiger partial charge in [-0.1, -0.05) is 23.5 Å². The number of amides is 1. The Labute approximate surface area is 145 Å². The number of rotatable bonds is 3. The minimum Gasteiger partial charge on any atom is -0.494 e. The van der Waals surface area contributed by atoms with Gasteiger partial charge in [0.1, 0.15) is 22.5 Å². The van der Waals surface area contributed by atoms with E-state index in [4.69, 9.17) is 4.74 Å². The van der Waals surface area contributed by atoms with Crippen LogP contribution in [0.15, 0.2) is 53.6 Å². The van der Waals surface area contributed by atoms with Crippen LogP contribution in [0.3, 0.4) is 0 Å². The number of thiazole rings is 1. The van der Waals surface area contributed by atoms with E-state index in [2.05, 4.69) is 15.3 Å². The molecule has 0 saturated carbocycles. The molecule has 3 heterocycles. The van der Waals surface area contributed by atoms with Gasteiger partial charge < -0.3 is 4.74 Å². The Kier molecular flexibility index (Phi) is 3.66. The molecule has 0 saturated heterocycles. The summed E-state index contributed by atoms with van der Waals surface area (Å²) < 4.78 is 7.47. The van der Waals surface area contributed by atoms with Crippen LogP contribution in [0.1, 0.15) is 10.4 Å². The van der Waals surface area contributed by atoms with Crippen molar-refractivity contribution in [2.75, 3.05) is 12.4 Å². The van der Waals surface area contributed by atoms with Crippen molar-refractivity contribution in [2.24, 2.45) is 0 Å². The highest BCUT2D eigenvalue weighted by atomic mass is 32.1. The van der Waals surface area contributed by atoms with Crippen LogP contribution in [0.25, 0.3) is 15.9 Å². The molecule has 0 aliphatic carbocycles. The fourth-order valence-corrected chi connectivity index (χ4v) is 3.37. The summed E-state index contributed by atoms with van der Waals surface area (Å²) in [5.41, 5.74) is 0.671. The number of hydrogen-bond donors (Lipinski definition) is 1. The number of hydrogen-bond acceptors (Lipinski definition) is 6. The fraction of sp³-hybridized carbons (Fsp3) is 0.0588. The fourth-order valence-electron chi connectivity index (χ4n) is 2.49. The quantitative estimate of drug-likeness (QED) is 0.612. The molecule has 124 valence electrons. The number of pyridine rings is 1. The van der Waals surface area contributed by atoms with Gasteiger partial charge in [0.2, 0.25) is 0 Å². The molecule has 7 nitrogen and oxygen atoms in total. The molecule has 8 heteroatoms. The minimum atomic E-state index is -0.547. The normalized spacial score (nSPS) is 10.9. The maximum absolute atomic E-state index is 12.5. The lowest BCUT2D eigenvalue weighted by molar-refractivity contribution is 0.102. The monoisotopic (exact) mass is 352 g/mol. The SMILES string of the molecule is COc1cccc2sc(NC(=O)c3cnc4ccccn4c3=O)nc12. The van der Waals surface area contributed by atoms with Crippen LogP contribution in [-0.2, 0) is 0 Å². The van der Waals surface area contributed by atoms with Crippen molar-refractivity contribution in [1.82, 2.24) is 14.4 Å². The molecule has 0 unspecified atom stereocenters. The van der Waals surface area contributed by atoms with Crippen LogP contribution in [0.2, 0.25) is 0 Å². The summed E-state index contributed by atoms with van der Waals surface area (Å²) in [6.45, 7) is 0. The van der Waals surface area contributed by atoms with Gasteiger partial charge in [-0.3, -0.25) is 19.3 Å². The van der Waals surface area contributed by atoms with Crippen molar-refractivity contribution < 1.29 is 9.53 Å². The molecule has 0 aliphatic rings. The van der Waals surface area contributed by atoms with Gasteiger partial charge in [-0.25, -0.2) is 9.97 Å². The predicted octanol–water partition coefficient (Wildman–Crippen LogP) is 2.57. The zero-order valence-corrected chi connectivity index (χ0v) is 13.9. The first-order valence-electron chi connectivity index (χ1n) is 7.38. The van der Waals surface area contributed by atoms with Crippen molar-refractivity contribution in [3.05, 3.63) is 64.7 Å². The van der Waals surface area contributed by atoms with E-state index in [-0.39, 0.29) is 5.56 Å². The largest absolute Gasteiger partial charge is 0.494 e. The van der Waals surface area contributed by atoms with Crippen LogP contribution >= 0.6 is 11.3 Å². The molecule has 1 N–H and O–H groups in total. The van der Waals surface area contributed by atoms with Gasteiger partial charge in [0.05, 0.1) is 11.8 Å². The first-order chi connectivity index (χ1) is 12.2. The van der Waals surface area contributed by atoms with Gasteiger partial charge in [0.25, 0.3) is 11.5 Å². The molecule has 4 rings (SSSR count). The second-order valence-electron chi connectivity index (χ2n) is 5.19. The van der Waals surface area contributed by atoms with E-state index in [9.17, 15) is 9.59 Å². The van der Waals surface area contributed by atoms with E-state index < -0.39 is 11.5 Å². The molecule has 0 spiro atoms. The first kappa shape index (κ1) is 15.3. The average molecular weight is 352 g/mol. The van der Waals surface area contributed by atoms with Crippen molar-refractivity contribution in [2.45, 2.75) is 0 Å². The molecular weight excluding hydrogens is 340 g/mol. The highest BCUT2D eigenvalue weighted by Gasteiger charge is 2.16. The van der Waals surface area contributed by atoms with E-state index in [1.807, 2.05) is 12.1 Å². The summed E-state index contributed by atoms with van der Waals surface area (Å²) in [4.78, 5) is 33.5. The summed E-state index contributed by atoms with van der Waals surface area (Å²) >= 11 is 1.31. The average Bonchev–Trinajstić information content (AvgIpc) is 3.04. The van der Waals surface area contributed by atoms with Gasteiger partial charge in [-0.15, -0.1) is 0 Å². The number of anilines is 1. The Bertz CT molecular complexity index is 1170. The summed E-state index contributed by atoms with van der Waals surface area (Å²) in [5, 5.41) is 3.05. The van der Waals surface area contributed by atoms with E-state index >= 15 is 0 Å². The summed E-state index contributed by atoms with van der Waals surface area (Å²) in [7, 11) is 1.56. The van der Waals surface area contributed by atoms with Gasteiger partial charge in [0, 0.05) is 12.4 Å². The maximum Gasteiger partial charge on any atom is 0.270 e. The number of nitrogens with one attached hydrogen (secondary N) is 1. The Balaban J connectivity index is 1.71. The number of carbonyl (C=O) groups is 1. The molecule has 25 heavy (non-hydrogen) atoms. The second kappa shape index (κ2) is 5.99. The van der Waals surface area contributed by atoms with Crippen LogP contribution in [-0.4, -0.2) is 27.4 Å². The third-order valence-electron chi connectivity index (χ3n) is 3.68. The molecule has 0 bridgehead atoms. The highest BCUT2D eigenvalue weighted by molar-refractivity contribution is 7.22. The molecule has 1 amide bonds. The maximum atomic E-state index is 12.5. The zero-order chi connectivity index (χ0) is 17.4. The Morgan fingerprint density at radius 2 is 2.12 bits per heavy atom. The first-order valence-corrected chi connectivity index (χ1v) is 8.20. The molecule has 4 aromatic rings. The highest BCUT2D eigenvalue weighted by Crippen LogP contribution is 2.32. The lowest BCUT2D eigenvalue weighted by atomic mass is 10.3. The third-order valence-corrected chi connectivity index (χ3v) is 4.62. The standard InChI is InChI=1S/C17H12N4O3S/c1-24-11-5-4-6-12-14(11)19-17(25-12)20-15(22)10-9-18-13-7-2-3-8-21(13)16(10)23/h2-9H,1H3,(H,19,20,22). The number of ether oxygens (including phenoxy) is 1. The van der Waals surface area contributed by atoms with Crippen LogP contribution in [0.4, 0.5) is 5.13 Å². The molecule has 1 aromatic carbocycles. The number of para-hydroxylation sites is 1. The second-order valence-corrected chi connectivity index (χ2v) is 6.22. The molecule has 0 atom stereocenters. The Hall–Kier alpha value is -3.26. The summed E-state index contributed by atoms with van der Waals surface area (Å²) in [5.74, 6) is 0.0791. The van der Waals surface area contributed by atoms with Gasteiger partial charge in [0.15, 0.2) is 5.13 Å². The molecule has 3 aromatic heterocycles. The minimum absolute atomic E-state index is 0.0464. The predicted molar refractivity (Wildman–Crippen MR) is 95.6 cm³/mol. The topological polar surface area (TPSA) is 85.6 Å². The molecular formula is C17H12N4O3S. The number of methoxy groups -OCH3 is 1. The Morgan fingerprint density at radius 1 is 1.24 bits per heavy atom. The lowest BCUT2D eigenvalue weighted by Crippen LogP contribution is -2.26. The number of fused-ring (bicyclic) bond motifs is 2. The van der Waals surface area contributed by atoms with Crippen molar-refractivity contribution in [1.29, 1.82) is 0 Å². The van der Waals surface area contributed by atoms with Gasteiger partial charge >= 0.3 is 0 Å². The van der Waals surface area contributed by atoms with Crippen molar-refractivity contribution >= 4 is 38.2 Å². The lowest BCUT2D eigenvalue weighted by Gasteiger charge is -2.03. The van der Waals surface area contributed by atoms with Crippen molar-refractivity contribution in [3.63, 3.8) is 0 Å².